The fourth-order valence-corrected chi connectivity index (χ4v) is 3.28. The van der Waals surface area contributed by atoms with Gasteiger partial charge in [-0.25, -0.2) is 5.43 Å². The first-order chi connectivity index (χ1) is 12.3. The lowest BCUT2D eigenvalue weighted by Crippen LogP contribution is -2.26. The standard InChI is InChI=1S/C15H11Br3N4O4/c16-10-4-12(18)13(5-11(10)17)19-7-15(24)21-20-6-8-3-9(22(25)26)1-2-14(8)23/h1-6,19,23H,7H2,(H,21,24)/b20-6+. The number of hydrogen-bond donors (Lipinski definition) is 3. The number of nitro groups is 1. The van der Waals surface area contributed by atoms with Crippen molar-refractivity contribution in [2.45, 2.75) is 0 Å². The number of phenols is 1. The van der Waals surface area contributed by atoms with Crippen LogP contribution in [-0.2, 0) is 4.79 Å². The van der Waals surface area contributed by atoms with Crippen LogP contribution in [0.25, 0.3) is 0 Å². The molecule has 11 heteroatoms. The summed E-state index contributed by atoms with van der Waals surface area (Å²) in [6, 6.07) is 7.13. The van der Waals surface area contributed by atoms with Gasteiger partial charge < -0.3 is 10.4 Å². The molecule has 0 aliphatic heterocycles. The summed E-state index contributed by atoms with van der Waals surface area (Å²) in [7, 11) is 0. The Morgan fingerprint density at radius 3 is 2.58 bits per heavy atom. The van der Waals surface area contributed by atoms with E-state index in [9.17, 15) is 20.0 Å². The van der Waals surface area contributed by atoms with Crippen LogP contribution >= 0.6 is 47.8 Å². The number of anilines is 1. The maximum Gasteiger partial charge on any atom is 0.270 e. The predicted molar refractivity (Wildman–Crippen MR) is 109 cm³/mol. The number of carbonyl (C=O) groups excluding carboxylic acids is 1. The molecule has 0 aliphatic carbocycles. The molecule has 2 aromatic rings. The van der Waals surface area contributed by atoms with Crippen molar-refractivity contribution in [1.29, 1.82) is 0 Å². The van der Waals surface area contributed by atoms with Crippen LogP contribution in [0.2, 0.25) is 0 Å². The van der Waals surface area contributed by atoms with Crippen LogP contribution in [0.4, 0.5) is 11.4 Å². The molecule has 0 unspecified atom stereocenters. The number of nitrogens with zero attached hydrogens (tertiary/aromatic N) is 2. The van der Waals surface area contributed by atoms with Gasteiger partial charge in [-0.2, -0.15) is 5.10 Å². The van der Waals surface area contributed by atoms with E-state index in [0.29, 0.717) is 5.69 Å². The SMILES string of the molecule is O=C(CNc1cc(Br)c(Br)cc1Br)N/N=C/c1cc([N+](=O)[O-])ccc1O. The Balaban J connectivity index is 1.95. The Morgan fingerprint density at radius 1 is 1.19 bits per heavy atom. The van der Waals surface area contributed by atoms with Crippen LogP contribution < -0.4 is 10.7 Å². The van der Waals surface area contributed by atoms with Crippen molar-refractivity contribution in [3.8, 4) is 5.75 Å². The zero-order valence-electron chi connectivity index (χ0n) is 12.9. The van der Waals surface area contributed by atoms with Gasteiger partial charge in [-0.05, 0) is 66.0 Å². The van der Waals surface area contributed by atoms with E-state index in [1.807, 2.05) is 6.07 Å². The monoisotopic (exact) mass is 548 g/mol. The number of aromatic hydroxyl groups is 1. The van der Waals surface area contributed by atoms with Crippen molar-refractivity contribution >= 4 is 71.3 Å². The summed E-state index contributed by atoms with van der Waals surface area (Å²) in [6.07, 6.45) is 1.13. The molecule has 0 fully saturated rings. The van der Waals surface area contributed by atoms with Gasteiger partial charge in [-0.15, -0.1) is 0 Å². The van der Waals surface area contributed by atoms with E-state index in [-0.39, 0.29) is 23.5 Å². The molecule has 0 spiro atoms. The predicted octanol–water partition coefficient (Wildman–Crippen LogP) is 4.15. The first kappa shape index (κ1) is 20.3. The largest absolute Gasteiger partial charge is 0.507 e. The minimum Gasteiger partial charge on any atom is -0.507 e. The normalized spacial score (nSPS) is 10.7. The summed E-state index contributed by atoms with van der Waals surface area (Å²) < 4.78 is 2.45. The quantitative estimate of drug-likeness (QED) is 0.216. The van der Waals surface area contributed by atoms with Gasteiger partial charge in [0.15, 0.2) is 0 Å². The summed E-state index contributed by atoms with van der Waals surface area (Å²) in [5, 5.41) is 27.0. The Labute approximate surface area is 173 Å². The number of nitrogens with one attached hydrogen (secondary N) is 2. The third-order valence-corrected chi connectivity index (χ3v) is 5.56. The fourth-order valence-electron chi connectivity index (χ4n) is 1.81. The van der Waals surface area contributed by atoms with E-state index >= 15 is 0 Å². The van der Waals surface area contributed by atoms with Gasteiger partial charge in [0.1, 0.15) is 5.75 Å². The van der Waals surface area contributed by atoms with E-state index in [2.05, 4.69) is 63.6 Å². The van der Waals surface area contributed by atoms with E-state index in [1.54, 1.807) is 6.07 Å². The zero-order chi connectivity index (χ0) is 19.3. The number of amides is 1. The van der Waals surface area contributed by atoms with Crippen molar-refractivity contribution in [3.63, 3.8) is 0 Å². The molecule has 136 valence electrons. The Kier molecular flexibility index (Phi) is 7.12. The van der Waals surface area contributed by atoms with Gasteiger partial charge >= 0.3 is 0 Å². The number of hydrogen-bond acceptors (Lipinski definition) is 6. The Morgan fingerprint density at radius 2 is 1.88 bits per heavy atom. The van der Waals surface area contributed by atoms with Crippen LogP contribution in [-0.4, -0.2) is 28.7 Å². The lowest BCUT2D eigenvalue weighted by atomic mass is 10.2. The summed E-state index contributed by atoms with van der Waals surface area (Å²) in [4.78, 5) is 22.0. The number of rotatable bonds is 6. The Bertz CT molecular complexity index is 889. The first-order valence-corrected chi connectivity index (χ1v) is 9.33. The molecule has 3 N–H and O–H groups in total. The maximum absolute atomic E-state index is 11.8. The molecule has 0 saturated heterocycles. The average Bonchev–Trinajstić information content (AvgIpc) is 2.58. The van der Waals surface area contributed by atoms with Crippen LogP contribution in [0.15, 0.2) is 48.9 Å². The minimum atomic E-state index is -0.590. The molecule has 0 radical (unpaired) electrons. The van der Waals surface area contributed by atoms with E-state index in [1.165, 1.54) is 12.1 Å². The number of halogens is 3. The molecule has 0 aliphatic rings. The summed E-state index contributed by atoms with van der Waals surface area (Å²) in [6.45, 7) is -0.0507. The lowest BCUT2D eigenvalue weighted by molar-refractivity contribution is -0.384. The number of hydrazone groups is 1. The molecule has 0 bridgehead atoms. The second kappa shape index (κ2) is 9.10. The van der Waals surface area contributed by atoms with E-state index in [4.69, 9.17) is 0 Å². The van der Waals surface area contributed by atoms with Crippen LogP contribution in [0.3, 0.4) is 0 Å². The molecule has 0 saturated carbocycles. The molecular weight excluding hydrogens is 540 g/mol. The van der Waals surface area contributed by atoms with Gasteiger partial charge in [0.05, 0.1) is 23.4 Å². The van der Waals surface area contributed by atoms with Crippen LogP contribution in [0.5, 0.6) is 5.75 Å². The highest BCUT2D eigenvalue weighted by Crippen LogP contribution is 2.32. The molecule has 26 heavy (non-hydrogen) atoms. The molecule has 0 heterocycles. The number of non-ortho nitro benzene ring substituents is 1. The van der Waals surface area contributed by atoms with Crippen LogP contribution in [0.1, 0.15) is 5.56 Å². The van der Waals surface area contributed by atoms with Crippen molar-refractivity contribution in [1.82, 2.24) is 5.43 Å². The molecule has 2 rings (SSSR count). The minimum absolute atomic E-state index is 0.0507. The van der Waals surface area contributed by atoms with Crippen molar-refractivity contribution in [3.05, 3.63) is 59.4 Å². The highest BCUT2D eigenvalue weighted by atomic mass is 79.9. The number of phenolic OH excluding ortho intramolecular Hbond substituents is 1. The third kappa shape index (κ3) is 5.51. The molecule has 8 nitrogen and oxygen atoms in total. The maximum atomic E-state index is 11.8. The second-order valence-corrected chi connectivity index (χ2v) is 7.46. The summed E-state index contributed by atoms with van der Waals surface area (Å²) >= 11 is 10.1. The van der Waals surface area contributed by atoms with Gasteiger partial charge in [0, 0.05) is 31.1 Å². The fraction of sp³-hybridized carbons (Fsp3) is 0.0667. The third-order valence-electron chi connectivity index (χ3n) is 3.06. The van der Waals surface area contributed by atoms with Crippen molar-refractivity contribution in [2.24, 2.45) is 5.10 Å². The van der Waals surface area contributed by atoms with Gasteiger partial charge in [0.25, 0.3) is 11.6 Å². The van der Waals surface area contributed by atoms with E-state index in [0.717, 1.165) is 25.7 Å². The summed E-state index contributed by atoms with van der Waals surface area (Å²) in [5.41, 5.74) is 2.90. The van der Waals surface area contributed by atoms with Gasteiger partial charge in [0.2, 0.25) is 0 Å². The number of nitro benzene ring substituents is 1. The van der Waals surface area contributed by atoms with Crippen molar-refractivity contribution < 1.29 is 14.8 Å². The van der Waals surface area contributed by atoms with E-state index < -0.39 is 10.8 Å². The van der Waals surface area contributed by atoms with Crippen molar-refractivity contribution in [2.75, 3.05) is 11.9 Å². The highest BCUT2D eigenvalue weighted by Gasteiger charge is 2.09. The Hall–Kier alpha value is -1.98. The molecular formula is C15H11Br3N4O4. The molecule has 0 aromatic heterocycles. The summed E-state index contributed by atoms with van der Waals surface area (Å²) in [5.74, 6) is -0.618. The molecule has 2 aromatic carbocycles. The van der Waals surface area contributed by atoms with Crippen LogP contribution in [0, 0.1) is 10.1 Å². The second-order valence-electron chi connectivity index (χ2n) is 4.89. The average molecular weight is 551 g/mol. The number of benzene rings is 2. The topological polar surface area (TPSA) is 117 Å². The zero-order valence-corrected chi connectivity index (χ0v) is 17.6. The number of carbonyl (C=O) groups is 1. The van der Waals surface area contributed by atoms with Gasteiger partial charge in [-0.3, -0.25) is 14.9 Å². The smallest absolute Gasteiger partial charge is 0.270 e. The molecule has 1 amide bonds. The highest BCUT2D eigenvalue weighted by molar-refractivity contribution is 9.13. The molecule has 0 atom stereocenters. The first-order valence-electron chi connectivity index (χ1n) is 6.95. The lowest BCUT2D eigenvalue weighted by Gasteiger charge is -2.09. The van der Waals surface area contributed by atoms with Gasteiger partial charge in [-0.1, -0.05) is 0 Å².